The summed E-state index contributed by atoms with van der Waals surface area (Å²) in [5, 5.41) is 4.52. The van der Waals surface area contributed by atoms with Gasteiger partial charge in [0.15, 0.2) is 11.5 Å². The third kappa shape index (κ3) is 3.38. The first-order chi connectivity index (χ1) is 10.7. The maximum absolute atomic E-state index is 11.9. The molecule has 0 bridgehead atoms. The summed E-state index contributed by atoms with van der Waals surface area (Å²) in [6.45, 7) is 1.08. The van der Waals surface area contributed by atoms with E-state index in [1.807, 2.05) is 18.2 Å². The average Bonchev–Trinajstić information content (AvgIpc) is 2.55. The lowest BCUT2D eigenvalue weighted by atomic mass is 10.2. The van der Waals surface area contributed by atoms with Gasteiger partial charge < -0.3 is 9.47 Å². The summed E-state index contributed by atoms with van der Waals surface area (Å²) in [6.07, 6.45) is 1.55. The van der Waals surface area contributed by atoms with E-state index in [9.17, 15) is 4.79 Å². The van der Waals surface area contributed by atoms with Gasteiger partial charge in [-0.15, -0.1) is 0 Å². The molecule has 3 rings (SSSR count). The number of carbonyl (C=O) groups is 1. The highest BCUT2D eigenvalue weighted by atomic mass is 35.5. The minimum atomic E-state index is -0.300. The van der Waals surface area contributed by atoms with Crippen LogP contribution in [0.2, 0.25) is 5.02 Å². The number of amides is 1. The Morgan fingerprint density at radius 3 is 2.59 bits per heavy atom. The molecule has 112 valence electrons. The number of ether oxygens (including phenoxy) is 2. The summed E-state index contributed by atoms with van der Waals surface area (Å²) in [6, 6.07) is 12.0. The van der Waals surface area contributed by atoms with Crippen LogP contribution < -0.4 is 14.9 Å². The highest BCUT2D eigenvalue weighted by molar-refractivity contribution is 6.30. The molecule has 0 radical (unpaired) electrons. The first-order valence-electron chi connectivity index (χ1n) is 6.71. The van der Waals surface area contributed by atoms with Gasteiger partial charge in [-0.3, -0.25) is 4.79 Å². The predicted molar refractivity (Wildman–Crippen MR) is 83.9 cm³/mol. The van der Waals surface area contributed by atoms with Crippen LogP contribution in [-0.4, -0.2) is 25.3 Å². The van der Waals surface area contributed by atoms with E-state index in [1.165, 1.54) is 0 Å². The molecule has 1 N–H and O–H groups in total. The second kappa shape index (κ2) is 6.49. The van der Waals surface area contributed by atoms with Crippen LogP contribution in [0.15, 0.2) is 47.6 Å². The molecular formula is C16H13ClN2O3. The van der Waals surface area contributed by atoms with E-state index in [2.05, 4.69) is 10.5 Å². The molecule has 0 fully saturated rings. The molecule has 0 aromatic heterocycles. The van der Waals surface area contributed by atoms with Crippen LogP contribution in [0, 0.1) is 0 Å². The molecule has 0 unspecified atom stereocenters. The van der Waals surface area contributed by atoms with Crippen molar-refractivity contribution in [2.24, 2.45) is 5.10 Å². The predicted octanol–water partition coefficient (Wildman–Crippen LogP) is 2.88. The van der Waals surface area contributed by atoms with Gasteiger partial charge in [0.05, 0.1) is 6.21 Å². The molecule has 2 aromatic rings. The molecule has 5 nitrogen and oxygen atoms in total. The Morgan fingerprint density at radius 2 is 1.82 bits per heavy atom. The second-order valence-corrected chi connectivity index (χ2v) is 5.05. The van der Waals surface area contributed by atoms with E-state index in [1.54, 1.807) is 30.5 Å². The summed E-state index contributed by atoms with van der Waals surface area (Å²) >= 11 is 5.78. The number of carbonyl (C=O) groups excluding carboxylic acids is 1. The van der Waals surface area contributed by atoms with E-state index in [-0.39, 0.29) is 5.91 Å². The Balaban J connectivity index is 1.64. The Hall–Kier alpha value is -2.53. The smallest absolute Gasteiger partial charge is 0.271 e. The first-order valence-corrected chi connectivity index (χ1v) is 7.09. The summed E-state index contributed by atoms with van der Waals surface area (Å²) < 4.78 is 10.9. The SMILES string of the molecule is O=C(NN=Cc1ccc2c(c1)OCCO2)c1ccc(Cl)cc1. The van der Waals surface area contributed by atoms with Gasteiger partial charge >= 0.3 is 0 Å². The largest absolute Gasteiger partial charge is 0.486 e. The molecule has 0 aliphatic carbocycles. The second-order valence-electron chi connectivity index (χ2n) is 4.61. The van der Waals surface area contributed by atoms with Gasteiger partial charge in [0, 0.05) is 10.6 Å². The fourth-order valence-electron chi connectivity index (χ4n) is 1.97. The lowest BCUT2D eigenvalue weighted by Crippen LogP contribution is -2.17. The van der Waals surface area contributed by atoms with Gasteiger partial charge in [0.25, 0.3) is 5.91 Å². The van der Waals surface area contributed by atoms with Gasteiger partial charge in [-0.1, -0.05) is 11.6 Å². The lowest BCUT2D eigenvalue weighted by Gasteiger charge is -2.18. The molecule has 1 aliphatic heterocycles. The van der Waals surface area contributed by atoms with Gasteiger partial charge in [0.2, 0.25) is 0 Å². The summed E-state index contributed by atoms with van der Waals surface area (Å²) in [7, 11) is 0. The number of hydrazone groups is 1. The zero-order valence-corrected chi connectivity index (χ0v) is 12.3. The van der Waals surface area contributed by atoms with Crippen molar-refractivity contribution in [2.75, 3.05) is 13.2 Å². The molecule has 6 heteroatoms. The summed E-state index contributed by atoms with van der Waals surface area (Å²) in [5.74, 6) is 1.10. The van der Waals surface area contributed by atoms with Crippen LogP contribution in [-0.2, 0) is 0 Å². The Morgan fingerprint density at radius 1 is 1.09 bits per heavy atom. The van der Waals surface area contributed by atoms with Crippen molar-refractivity contribution < 1.29 is 14.3 Å². The zero-order valence-electron chi connectivity index (χ0n) is 11.6. The van der Waals surface area contributed by atoms with E-state index in [0.29, 0.717) is 35.3 Å². The van der Waals surface area contributed by atoms with Crippen LogP contribution >= 0.6 is 11.6 Å². The van der Waals surface area contributed by atoms with Crippen molar-refractivity contribution in [1.82, 2.24) is 5.43 Å². The Labute approximate surface area is 132 Å². The number of nitrogens with one attached hydrogen (secondary N) is 1. The molecule has 0 spiro atoms. The molecule has 1 aliphatic rings. The fourth-order valence-corrected chi connectivity index (χ4v) is 2.10. The molecule has 22 heavy (non-hydrogen) atoms. The minimum Gasteiger partial charge on any atom is -0.486 e. The summed E-state index contributed by atoms with van der Waals surface area (Å²) in [5.41, 5.74) is 3.76. The van der Waals surface area contributed by atoms with Crippen molar-refractivity contribution in [3.63, 3.8) is 0 Å². The molecule has 0 atom stereocenters. The van der Waals surface area contributed by atoms with E-state index in [4.69, 9.17) is 21.1 Å². The highest BCUT2D eigenvalue weighted by Crippen LogP contribution is 2.30. The van der Waals surface area contributed by atoms with Gasteiger partial charge in [-0.2, -0.15) is 5.10 Å². The highest BCUT2D eigenvalue weighted by Gasteiger charge is 2.11. The maximum Gasteiger partial charge on any atom is 0.271 e. The van der Waals surface area contributed by atoms with E-state index < -0.39 is 0 Å². The number of nitrogens with zero attached hydrogens (tertiary/aromatic N) is 1. The van der Waals surface area contributed by atoms with E-state index >= 15 is 0 Å². The number of benzene rings is 2. The van der Waals surface area contributed by atoms with E-state index in [0.717, 1.165) is 5.56 Å². The number of hydrogen-bond acceptors (Lipinski definition) is 4. The average molecular weight is 317 g/mol. The number of fused-ring (bicyclic) bond motifs is 1. The maximum atomic E-state index is 11.9. The fraction of sp³-hybridized carbons (Fsp3) is 0.125. The molecule has 1 heterocycles. The van der Waals surface area contributed by atoms with Gasteiger partial charge in [-0.05, 0) is 48.0 Å². The first kappa shape index (κ1) is 14.4. The van der Waals surface area contributed by atoms with Crippen LogP contribution in [0.25, 0.3) is 0 Å². The van der Waals surface area contributed by atoms with Crippen LogP contribution in [0.5, 0.6) is 11.5 Å². The third-order valence-corrected chi connectivity index (χ3v) is 3.30. The normalized spacial score (nSPS) is 13.1. The molecule has 1 amide bonds. The third-order valence-electron chi connectivity index (χ3n) is 3.05. The minimum absolute atomic E-state index is 0.300. The standard InChI is InChI=1S/C16H13ClN2O3/c17-13-4-2-12(3-5-13)16(20)19-18-10-11-1-6-14-15(9-11)22-8-7-21-14/h1-6,9-10H,7-8H2,(H,19,20). The number of hydrogen-bond donors (Lipinski definition) is 1. The summed E-state index contributed by atoms with van der Waals surface area (Å²) in [4.78, 5) is 11.9. The van der Waals surface area contributed by atoms with Crippen molar-refractivity contribution >= 4 is 23.7 Å². The quantitative estimate of drug-likeness (QED) is 0.699. The van der Waals surface area contributed by atoms with Gasteiger partial charge in [-0.25, -0.2) is 5.43 Å². The monoisotopic (exact) mass is 316 g/mol. The lowest BCUT2D eigenvalue weighted by molar-refractivity contribution is 0.0955. The van der Waals surface area contributed by atoms with Crippen molar-refractivity contribution in [2.45, 2.75) is 0 Å². The van der Waals surface area contributed by atoms with Gasteiger partial charge in [0.1, 0.15) is 13.2 Å². The number of halogens is 1. The van der Waals surface area contributed by atoms with Crippen molar-refractivity contribution in [1.29, 1.82) is 0 Å². The van der Waals surface area contributed by atoms with Crippen molar-refractivity contribution in [3.8, 4) is 11.5 Å². The Kier molecular flexibility index (Phi) is 4.25. The molecular weight excluding hydrogens is 304 g/mol. The van der Waals surface area contributed by atoms with Crippen LogP contribution in [0.3, 0.4) is 0 Å². The molecule has 0 saturated carbocycles. The molecule has 2 aromatic carbocycles. The van der Waals surface area contributed by atoms with Crippen LogP contribution in [0.4, 0.5) is 0 Å². The van der Waals surface area contributed by atoms with Crippen molar-refractivity contribution in [3.05, 3.63) is 58.6 Å². The topological polar surface area (TPSA) is 59.9 Å². The zero-order chi connectivity index (χ0) is 15.4. The van der Waals surface area contributed by atoms with Crippen LogP contribution in [0.1, 0.15) is 15.9 Å². The Bertz CT molecular complexity index is 714. The number of rotatable bonds is 3. The molecule has 0 saturated heterocycles.